The number of nitrogens with zero attached hydrogens (tertiary/aromatic N) is 8. The van der Waals surface area contributed by atoms with Crippen LogP contribution in [-0.2, 0) is 26.0 Å². The summed E-state index contributed by atoms with van der Waals surface area (Å²) in [7, 11) is -4.35. The van der Waals surface area contributed by atoms with Gasteiger partial charge in [0.15, 0.2) is 0 Å². The Morgan fingerprint density at radius 2 is 1.30 bits per heavy atom. The highest BCUT2D eigenvalue weighted by Gasteiger charge is 2.34. The van der Waals surface area contributed by atoms with Crippen LogP contribution in [0.5, 0.6) is 0 Å². The first-order valence-corrected chi connectivity index (χ1v) is 12.1. The van der Waals surface area contributed by atoms with Crippen LogP contribution < -0.4 is 4.62 Å². The highest BCUT2D eigenvalue weighted by Crippen LogP contribution is 2.46. The summed E-state index contributed by atoms with van der Waals surface area (Å²) in [6.07, 6.45) is -9.31. The fourth-order valence-electron chi connectivity index (χ4n) is 2.80. The number of aromatic nitrogens is 6. The second kappa shape index (κ2) is 12.2. The number of alkyl halides is 6. The minimum Gasteiger partial charge on any atom is -0.410 e. The molecule has 1 N–H and O–H groups in total. The van der Waals surface area contributed by atoms with Gasteiger partial charge in [-0.2, -0.15) is 36.9 Å². The van der Waals surface area contributed by atoms with Gasteiger partial charge in [0.1, 0.15) is 22.1 Å². The number of halogens is 6. The summed E-state index contributed by atoms with van der Waals surface area (Å²) < 4.78 is 103. The lowest BCUT2D eigenvalue weighted by molar-refractivity contribution is -0.138. The average molecular weight is 592 g/mol. The van der Waals surface area contributed by atoms with Crippen molar-refractivity contribution in [2.45, 2.75) is 25.2 Å². The molecule has 2 aromatic carbocycles. The van der Waals surface area contributed by atoms with Crippen LogP contribution in [0.4, 0.5) is 26.3 Å². The Morgan fingerprint density at radius 1 is 0.825 bits per heavy atom. The van der Waals surface area contributed by atoms with Crippen LogP contribution in [0.1, 0.15) is 24.0 Å². The number of phosphoric ester groups is 1. The molecule has 0 radical (unpaired) electrons. The molecule has 0 aliphatic rings. The monoisotopic (exact) mass is 592 g/mol. The molecule has 0 amide bonds. The number of benzene rings is 2. The first-order chi connectivity index (χ1) is 18.8. The SMILES string of the molecule is N#CCCOP(=O)(OCCC#N)On1nnc2ccc(C(F)(F)F)cc21.On1nnc2ccc(C(F)(F)F)cc21. The van der Waals surface area contributed by atoms with Crippen molar-refractivity contribution >= 4 is 29.9 Å². The second-order valence-corrected chi connectivity index (χ2v) is 8.93. The molecule has 0 fully saturated rings. The standard InChI is InChI=1S/C13H11F3N5O4P.C7H4F3N3O/c14-13(15,16)10-3-4-11-12(9-10)21(20-19-11)25-26(22,23-7-1-5-17)24-8-2-6-18;8-7(9,10)4-1-2-5-6(3-4)13(14)12-11-5/h3-4,9H,1-2,7-8H2;1-3,14H. The van der Waals surface area contributed by atoms with Crippen molar-refractivity contribution in [1.29, 1.82) is 10.5 Å². The first kappa shape index (κ1) is 30.1. The van der Waals surface area contributed by atoms with Gasteiger partial charge in [0.25, 0.3) is 0 Å². The summed E-state index contributed by atoms with van der Waals surface area (Å²) in [5.74, 6) is 0. The van der Waals surface area contributed by atoms with Crippen LogP contribution in [0.3, 0.4) is 0 Å². The fraction of sp³-hybridized carbons (Fsp3) is 0.300. The molecule has 4 rings (SSSR count). The number of rotatable bonds is 8. The molecule has 0 bridgehead atoms. The molecule has 0 aliphatic carbocycles. The van der Waals surface area contributed by atoms with Crippen molar-refractivity contribution in [3.63, 3.8) is 0 Å². The molecule has 0 saturated heterocycles. The van der Waals surface area contributed by atoms with Gasteiger partial charge in [-0.25, -0.2) is 4.57 Å². The van der Waals surface area contributed by atoms with Crippen molar-refractivity contribution in [2.24, 2.45) is 0 Å². The maximum absolute atomic E-state index is 12.8. The number of phosphoric acid groups is 1. The minimum atomic E-state index is -4.61. The smallest absolute Gasteiger partial charge is 0.410 e. The summed E-state index contributed by atoms with van der Waals surface area (Å²) in [4.78, 5) is 0.800. The highest BCUT2D eigenvalue weighted by molar-refractivity contribution is 7.48. The van der Waals surface area contributed by atoms with Crippen LogP contribution >= 0.6 is 7.82 Å². The van der Waals surface area contributed by atoms with Gasteiger partial charge < -0.3 is 5.21 Å². The molecule has 2 aromatic heterocycles. The maximum Gasteiger partial charge on any atom is 0.550 e. The van der Waals surface area contributed by atoms with Crippen molar-refractivity contribution in [3.05, 3.63) is 47.5 Å². The number of nitriles is 2. The van der Waals surface area contributed by atoms with E-state index in [0.29, 0.717) is 15.8 Å². The van der Waals surface area contributed by atoms with Crippen LogP contribution in [0.2, 0.25) is 0 Å². The zero-order chi connectivity index (χ0) is 29.6. The highest BCUT2D eigenvalue weighted by atomic mass is 31.2. The number of fused-ring (bicyclic) bond motifs is 2. The van der Waals surface area contributed by atoms with Crippen molar-refractivity contribution in [3.8, 4) is 12.1 Å². The Labute approximate surface area is 219 Å². The van der Waals surface area contributed by atoms with Crippen molar-refractivity contribution in [1.82, 2.24) is 30.3 Å². The molecule has 0 aliphatic heterocycles. The molecule has 20 heteroatoms. The molecule has 212 valence electrons. The lowest BCUT2D eigenvalue weighted by Gasteiger charge is -2.16. The molecule has 0 atom stereocenters. The summed E-state index contributed by atoms with van der Waals surface area (Å²) in [6, 6.07) is 8.92. The van der Waals surface area contributed by atoms with E-state index in [1.807, 2.05) is 0 Å². The molecular formula is C20H15F6N8O5P. The topological polar surface area (TPSA) is 174 Å². The molecule has 0 unspecified atom stereocenters. The summed E-state index contributed by atoms with van der Waals surface area (Å²) >= 11 is 0. The number of hydrogen-bond acceptors (Lipinski definition) is 11. The normalized spacial score (nSPS) is 12.0. The third kappa shape index (κ3) is 7.56. The van der Waals surface area contributed by atoms with Crippen LogP contribution in [-0.4, -0.2) is 48.7 Å². The Morgan fingerprint density at radius 3 is 1.80 bits per heavy atom. The summed E-state index contributed by atoms with van der Waals surface area (Å²) in [5, 5.41) is 39.7. The summed E-state index contributed by atoms with van der Waals surface area (Å²) in [5.41, 5.74) is -1.85. The number of hydrogen-bond donors (Lipinski definition) is 1. The molecule has 40 heavy (non-hydrogen) atoms. The molecular weight excluding hydrogens is 577 g/mol. The van der Waals surface area contributed by atoms with Gasteiger partial charge in [-0.1, -0.05) is 9.69 Å². The minimum absolute atomic E-state index is 0.0543. The zero-order valence-corrected chi connectivity index (χ0v) is 20.6. The van der Waals surface area contributed by atoms with Crippen molar-refractivity contribution < 1.29 is 49.8 Å². The van der Waals surface area contributed by atoms with E-state index >= 15 is 0 Å². The van der Waals surface area contributed by atoms with Gasteiger partial charge in [0.05, 0.1) is 49.3 Å². The van der Waals surface area contributed by atoms with Gasteiger partial charge in [-0.3, -0.25) is 13.7 Å². The van der Waals surface area contributed by atoms with Crippen LogP contribution in [0, 0.1) is 22.7 Å². The predicted octanol–water partition coefficient (Wildman–Crippen LogP) is 4.53. The lowest BCUT2D eigenvalue weighted by atomic mass is 10.2. The molecule has 4 aromatic rings. The Kier molecular flexibility index (Phi) is 9.15. The first-order valence-electron chi connectivity index (χ1n) is 10.6. The van der Waals surface area contributed by atoms with E-state index in [2.05, 4.69) is 20.6 Å². The maximum atomic E-state index is 12.8. The van der Waals surface area contributed by atoms with Crippen LogP contribution in [0.15, 0.2) is 36.4 Å². The lowest BCUT2D eigenvalue weighted by Crippen LogP contribution is -2.15. The van der Waals surface area contributed by atoms with E-state index in [0.717, 1.165) is 30.3 Å². The van der Waals surface area contributed by atoms with Gasteiger partial charge in [0, 0.05) is 0 Å². The van der Waals surface area contributed by atoms with E-state index < -0.39 is 31.3 Å². The third-order valence-corrected chi connectivity index (χ3v) is 5.95. The predicted molar refractivity (Wildman–Crippen MR) is 119 cm³/mol. The van der Waals surface area contributed by atoms with Gasteiger partial charge >= 0.3 is 20.2 Å². The van der Waals surface area contributed by atoms with Crippen molar-refractivity contribution in [2.75, 3.05) is 13.2 Å². The second-order valence-electron chi connectivity index (χ2n) is 7.36. The van der Waals surface area contributed by atoms with E-state index in [1.54, 1.807) is 12.1 Å². The van der Waals surface area contributed by atoms with Gasteiger partial charge in [-0.15, -0.1) is 10.2 Å². The molecule has 2 heterocycles. The Hall–Kier alpha value is -4.45. The van der Waals surface area contributed by atoms with E-state index in [-0.39, 0.29) is 48.1 Å². The van der Waals surface area contributed by atoms with E-state index in [4.69, 9.17) is 29.4 Å². The van der Waals surface area contributed by atoms with Gasteiger partial charge in [0.2, 0.25) is 0 Å². The Bertz CT molecular complexity index is 1580. The zero-order valence-electron chi connectivity index (χ0n) is 19.7. The molecule has 13 nitrogen and oxygen atoms in total. The fourth-order valence-corrected chi connectivity index (χ4v) is 3.91. The van der Waals surface area contributed by atoms with E-state index in [9.17, 15) is 30.9 Å². The quantitative estimate of drug-likeness (QED) is 0.132. The molecule has 0 spiro atoms. The largest absolute Gasteiger partial charge is 0.550 e. The third-order valence-electron chi connectivity index (χ3n) is 4.60. The molecule has 0 saturated carbocycles. The van der Waals surface area contributed by atoms with Gasteiger partial charge in [-0.05, 0) is 46.8 Å². The van der Waals surface area contributed by atoms with Crippen LogP contribution in [0.25, 0.3) is 22.1 Å². The summed E-state index contributed by atoms with van der Waals surface area (Å²) in [6.45, 7) is -0.637. The van der Waals surface area contributed by atoms with E-state index in [1.165, 1.54) is 0 Å². The average Bonchev–Trinajstić information content (AvgIpc) is 3.46. The Balaban J connectivity index is 0.000000263.